The second-order valence-corrected chi connectivity index (χ2v) is 6.58. The number of fused-ring (bicyclic) bond motifs is 1. The second kappa shape index (κ2) is 7.45. The molecule has 6 nitrogen and oxygen atoms in total. The number of aromatic nitrogens is 4. The summed E-state index contributed by atoms with van der Waals surface area (Å²) in [5.74, 6) is 0.532. The number of aryl methyl sites for hydroxylation is 1. The van der Waals surface area contributed by atoms with Crippen LogP contribution in [0.5, 0.6) is 0 Å². The van der Waals surface area contributed by atoms with E-state index in [0.29, 0.717) is 12.2 Å². The minimum absolute atomic E-state index is 0.532. The number of hydrogen-bond acceptors (Lipinski definition) is 3. The first-order valence-corrected chi connectivity index (χ1v) is 9.04. The van der Waals surface area contributed by atoms with Gasteiger partial charge in [-0.05, 0) is 53.9 Å². The van der Waals surface area contributed by atoms with E-state index >= 15 is 0 Å². The molecular formula is C21H21N5O. The van der Waals surface area contributed by atoms with Crippen molar-refractivity contribution in [2.24, 2.45) is 0 Å². The average molecular weight is 359 g/mol. The van der Waals surface area contributed by atoms with Crippen molar-refractivity contribution in [3.8, 4) is 16.8 Å². The topological polar surface area (TPSA) is 64.2 Å². The molecule has 3 aromatic heterocycles. The van der Waals surface area contributed by atoms with Gasteiger partial charge < -0.3 is 9.72 Å². The number of hydrogen-bond donors (Lipinski definition) is 1. The van der Waals surface area contributed by atoms with Crippen molar-refractivity contribution in [3.63, 3.8) is 0 Å². The van der Waals surface area contributed by atoms with Crippen molar-refractivity contribution in [2.45, 2.75) is 26.2 Å². The third-order valence-electron chi connectivity index (χ3n) is 4.31. The minimum Gasteiger partial charge on any atom is -0.312 e. The molecule has 0 atom stereocenters. The molecule has 1 N–H and O–H groups in total. The summed E-state index contributed by atoms with van der Waals surface area (Å²) >= 11 is 0. The first-order valence-electron chi connectivity index (χ1n) is 9.04. The zero-order valence-corrected chi connectivity index (χ0v) is 15.2. The van der Waals surface area contributed by atoms with Gasteiger partial charge in [-0.1, -0.05) is 25.3 Å². The monoisotopic (exact) mass is 359 g/mol. The Morgan fingerprint density at radius 3 is 2.67 bits per heavy atom. The van der Waals surface area contributed by atoms with Gasteiger partial charge in [0.2, 0.25) is 6.41 Å². The van der Waals surface area contributed by atoms with Crippen LogP contribution in [0.2, 0.25) is 0 Å². The molecule has 0 saturated heterocycles. The maximum Gasteiger partial charge on any atom is 0.212 e. The van der Waals surface area contributed by atoms with E-state index in [1.165, 1.54) is 24.8 Å². The van der Waals surface area contributed by atoms with Gasteiger partial charge in [-0.25, -0.2) is 9.67 Å². The van der Waals surface area contributed by atoms with Crippen LogP contribution in [-0.4, -0.2) is 25.6 Å². The van der Waals surface area contributed by atoms with E-state index in [9.17, 15) is 4.79 Å². The molecule has 0 radical (unpaired) electrons. The van der Waals surface area contributed by atoms with Crippen molar-refractivity contribution < 1.29 is 4.79 Å². The van der Waals surface area contributed by atoms with Crippen LogP contribution in [0.3, 0.4) is 0 Å². The van der Waals surface area contributed by atoms with Crippen LogP contribution < -0.4 is 5.32 Å². The number of nitrogens with zero attached hydrogens (tertiary/aromatic N) is 4. The van der Waals surface area contributed by atoms with E-state index in [2.05, 4.69) is 34.5 Å². The van der Waals surface area contributed by atoms with Crippen LogP contribution >= 0.6 is 0 Å². The second-order valence-electron chi connectivity index (χ2n) is 6.58. The van der Waals surface area contributed by atoms with Crippen LogP contribution in [0.4, 0.5) is 5.82 Å². The summed E-state index contributed by atoms with van der Waals surface area (Å²) in [5.41, 5.74) is 5.17. The van der Waals surface area contributed by atoms with Crippen LogP contribution in [-0.2, 0) is 4.79 Å². The third kappa shape index (κ3) is 3.89. The fourth-order valence-corrected chi connectivity index (χ4v) is 2.77. The molecule has 0 bridgehead atoms. The Morgan fingerprint density at radius 2 is 1.96 bits per heavy atom. The van der Waals surface area contributed by atoms with Gasteiger partial charge in [0, 0.05) is 18.6 Å². The maximum atomic E-state index is 10.6. The van der Waals surface area contributed by atoms with Gasteiger partial charge in [0.05, 0.1) is 11.9 Å². The smallest absolute Gasteiger partial charge is 0.212 e. The van der Waals surface area contributed by atoms with E-state index in [-0.39, 0.29) is 0 Å². The highest BCUT2D eigenvalue weighted by atomic mass is 16.1. The lowest BCUT2D eigenvalue weighted by Crippen LogP contribution is -1.96. The van der Waals surface area contributed by atoms with E-state index in [0.717, 1.165) is 22.5 Å². The first kappa shape index (κ1) is 17.0. The largest absolute Gasteiger partial charge is 0.312 e. The summed E-state index contributed by atoms with van der Waals surface area (Å²) in [6.07, 6.45) is 12.6. The summed E-state index contributed by atoms with van der Waals surface area (Å²) < 4.78 is 3.74. The molecule has 136 valence electrons. The Morgan fingerprint density at radius 1 is 1.11 bits per heavy atom. The Labute approximate surface area is 157 Å². The number of carbonyl (C=O) groups is 1. The van der Waals surface area contributed by atoms with Crippen LogP contribution in [0.15, 0.2) is 61.2 Å². The third-order valence-corrected chi connectivity index (χ3v) is 4.31. The van der Waals surface area contributed by atoms with Gasteiger partial charge in [-0.2, -0.15) is 5.10 Å². The molecule has 4 aromatic rings. The lowest BCUT2D eigenvalue weighted by Gasteiger charge is -2.10. The first-order chi connectivity index (χ1) is 13.2. The van der Waals surface area contributed by atoms with Crippen molar-refractivity contribution in [1.29, 1.82) is 0 Å². The Kier molecular flexibility index (Phi) is 4.70. The molecule has 0 spiro atoms. The van der Waals surface area contributed by atoms with Crippen molar-refractivity contribution in [1.82, 2.24) is 19.2 Å². The predicted molar refractivity (Wildman–Crippen MR) is 106 cm³/mol. The van der Waals surface area contributed by atoms with Gasteiger partial charge in [-0.15, -0.1) is 0 Å². The summed E-state index contributed by atoms with van der Waals surface area (Å²) in [4.78, 5) is 14.9. The summed E-state index contributed by atoms with van der Waals surface area (Å²) in [6.45, 7) is 2.08. The van der Waals surface area contributed by atoms with Gasteiger partial charge in [0.1, 0.15) is 5.65 Å². The van der Waals surface area contributed by atoms with E-state index in [1.807, 2.05) is 45.7 Å². The fourth-order valence-electron chi connectivity index (χ4n) is 2.77. The van der Waals surface area contributed by atoms with E-state index in [1.54, 1.807) is 12.4 Å². The highest BCUT2D eigenvalue weighted by molar-refractivity contribution is 5.73. The molecule has 1 saturated carbocycles. The summed E-state index contributed by atoms with van der Waals surface area (Å²) in [7, 11) is 0. The molecule has 3 heterocycles. The number of amides is 1. The molecule has 1 aliphatic carbocycles. The molecule has 5 rings (SSSR count). The predicted octanol–water partition coefficient (Wildman–Crippen LogP) is 4.23. The molecule has 1 aromatic carbocycles. The highest BCUT2D eigenvalue weighted by Crippen LogP contribution is 2.26. The molecule has 27 heavy (non-hydrogen) atoms. The minimum atomic E-state index is 0.532. The van der Waals surface area contributed by atoms with Gasteiger partial charge in [0.15, 0.2) is 5.82 Å². The lowest BCUT2D eigenvalue weighted by molar-refractivity contribution is -0.105. The zero-order valence-electron chi connectivity index (χ0n) is 15.2. The SMILES string of the molecule is C1CC1.Cc1ccc(-n2cccn2)cc1-c1ccc2nc(NC=O)cn2c1. The van der Waals surface area contributed by atoms with Crippen molar-refractivity contribution >= 4 is 17.9 Å². The quantitative estimate of drug-likeness (QED) is 0.555. The summed E-state index contributed by atoms with van der Waals surface area (Å²) in [6, 6.07) is 12.1. The average Bonchev–Trinajstić information content (AvgIpc) is 3.35. The highest BCUT2D eigenvalue weighted by Gasteiger charge is 2.08. The van der Waals surface area contributed by atoms with Crippen LogP contribution in [0, 0.1) is 6.92 Å². The number of nitrogens with one attached hydrogen (secondary N) is 1. The standard InChI is InChI=1S/C18H15N5O.C3H6/c1-13-3-5-15(23-8-2-7-20-23)9-16(13)14-4-6-18-21-17(19-12-24)11-22(18)10-14;1-2-3-1/h2-12H,1H3,(H,19,24);1-3H2. The summed E-state index contributed by atoms with van der Waals surface area (Å²) in [5, 5.41) is 6.86. The number of anilines is 1. The number of carbonyl (C=O) groups excluding carboxylic acids is 1. The van der Waals surface area contributed by atoms with Crippen molar-refractivity contribution in [2.75, 3.05) is 5.32 Å². The number of benzene rings is 1. The molecule has 0 unspecified atom stereocenters. The zero-order chi connectivity index (χ0) is 18.6. The molecule has 6 heteroatoms. The number of pyridine rings is 1. The van der Waals surface area contributed by atoms with E-state index in [4.69, 9.17) is 0 Å². The molecule has 0 aliphatic heterocycles. The van der Waals surface area contributed by atoms with Gasteiger partial charge in [0.25, 0.3) is 0 Å². The number of rotatable bonds is 4. The Bertz CT molecular complexity index is 1060. The molecule has 1 amide bonds. The molecule has 1 aliphatic rings. The van der Waals surface area contributed by atoms with Crippen LogP contribution in [0.1, 0.15) is 24.8 Å². The molecule has 1 fully saturated rings. The van der Waals surface area contributed by atoms with Gasteiger partial charge in [-0.3, -0.25) is 4.79 Å². The molecular weight excluding hydrogens is 338 g/mol. The Balaban J connectivity index is 0.000000547. The number of imidazole rings is 1. The fraction of sp³-hybridized carbons (Fsp3) is 0.190. The van der Waals surface area contributed by atoms with Crippen molar-refractivity contribution in [3.05, 3.63) is 66.7 Å². The van der Waals surface area contributed by atoms with Gasteiger partial charge >= 0.3 is 0 Å². The Hall–Kier alpha value is -3.41. The normalized spacial score (nSPS) is 12.3. The lowest BCUT2D eigenvalue weighted by atomic mass is 10.0. The maximum absolute atomic E-state index is 10.6. The van der Waals surface area contributed by atoms with E-state index < -0.39 is 0 Å². The van der Waals surface area contributed by atoms with Crippen LogP contribution in [0.25, 0.3) is 22.5 Å².